The van der Waals surface area contributed by atoms with Crippen molar-refractivity contribution in [2.24, 2.45) is 5.92 Å². The molecule has 0 radical (unpaired) electrons. The topological polar surface area (TPSA) is 0 Å². The smallest absolute Gasteiger partial charge is 0.00294 e. The quantitative estimate of drug-likeness (QED) is 0.259. The second-order valence-corrected chi connectivity index (χ2v) is 10.1. The van der Waals surface area contributed by atoms with Crippen molar-refractivity contribution in [1.29, 1.82) is 0 Å². The molecule has 0 nitrogen and oxygen atoms in total. The Labute approximate surface area is 206 Å². The Hall–Kier alpha value is -3.90. The summed E-state index contributed by atoms with van der Waals surface area (Å²) in [6.07, 6.45) is 10.8. The van der Waals surface area contributed by atoms with Crippen LogP contribution in [-0.2, 0) is 6.42 Å². The van der Waals surface area contributed by atoms with Crippen LogP contribution < -0.4 is 10.4 Å². The molecule has 0 heterocycles. The average molecular weight is 449 g/mol. The molecule has 1 unspecified atom stereocenters. The molecule has 0 N–H and O–H groups in total. The van der Waals surface area contributed by atoms with Gasteiger partial charge in [0.1, 0.15) is 0 Å². The van der Waals surface area contributed by atoms with Gasteiger partial charge in [0.05, 0.1) is 0 Å². The molecular formula is C35H28. The third-order valence-corrected chi connectivity index (χ3v) is 7.85. The van der Waals surface area contributed by atoms with E-state index in [1.54, 1.807) is 0 Å². The Morgan fingerprint density at radius 2 is 1.40 bits per heavy atom. The number of benzene rings is 5. The fourth-order valence-corrected chi connectivity index (χ4v) is 6.15. The largest absolute Gasteiger partial charge is 0.0754 e. The van der Waals surface area contributed by atoms with E-state index in [1.807, 2.05) is 0 Å². The lowest BCUT2D eigenvalue weighted by Crippen LogP contribution is -2.34. The van der Waals surface area contributed by atoms with Crippen LogP contribution >= 0.6 is 0 Å². The van der Waals surface area contributed by atoms with Crippen molar-refractivity contribution in [1.82, 2.24) is 0 Å². The Morgan fingerprint density at radius 1 is 0.657 bits per heavy atom. The molecule has 2 aliphatic carbocycles. The Morgan fingerprint density at radius 3 is 2.29 bits per heavy atom. The van der Waals surface area contributed by atoms with Gasteiger partial charge >= 0.3 is 0 Å². The molecule has 0 saturated carbocycles. The molecule has 0 spiro atoms. The number of aryl methyl sites for hydroxylation is 1. The molecule has 5 aromatic rings. The van der Waals surface area contributed by atoms with Gasteiger partial charge in [0.2, 0.25) is 0 Å². The predicted octanol–water partition coefficient (Wildman–Crippen LogP) is 7.75. The van der Waals surface area contributed by atoms with Crippen molar-refractivity contribution in [3.63, 3.8) is 0 Å². The van der Waals surface area contributed by atoms with Gasteiger partial charge in [-0.3, -0.25) is 0 Å². The van der Waals surface area contributed by atoms with Gasteiger partial charge in [-0.15, -0.1) is 0 Å². The van der Waals surface area contributed by atoms with Gasteiger partial charge in [0.25, 0.3) is 0 Å². The van der Waals surface area contributed by atoms with Crippen LogP contribution in [0.25, 0.3) is 56.5 Å². The van der Waals surface area contributed by atoms with Gasteiger partial charge < -0.3 is 0 Å². The number of hydrogen-bond donors (Lipinski definition) is 0. The lowest BCUT2D eigenvalue weighted by atomic mass is 9.81. The summed E-state index contributed by atoms with van der Waals surface area (Å²) in [6.45, 7) is 2.34. The normalized spacial score (nSPS) is 16.7. The summed E-state index contributed by atoms with van der Waals surface area (Å²) >= 11 is 0. The minimum absolute atomic E-state index is 0.539. The van der Waals surface area contributed by atoms with Crippen LogP contribution in [0.4, 0.5) is 0 Å². The highest BCUT2D eigenvalue weighted by atomic mass is 14.2. The fourth-order valence-electron chi connectivity index (χ4n) is 6.15. The summed E-state index contributed by atoms with van der Waals surface area (Å²) in [7, 11) is 0. The Balaban J connectivity index is 1.59. The predicted molar refractivity (Wildman–Crippen MR) is 151 cm³/mol. The van der Waals surface area contributed by atoms with Crippen LogP contribution in [0, 0.1) is 5.92 Å². The number of fused-ring (bicyclic) bond motifs is 4. The number of allylic oxidation sites excluding steroid dienone is 1. The van der Waals surface area contributed by atoms with E-state index >= 15 is 0 Å². The van der Waals surface area contributed by atoms with Gasteiger partial charge in [0.15, 0.2) is 0 Å². The zero-order valence-electron chi connectivity index (χ0n) is 20.1. The van der Waals surface area contributed by atoms with Crippen LogP contribution in [0.5, 0.6) is 0 Å². The van der Waals surface area contributed by atoms with Crippen molar-refractivity contribution in [2.45, 2.75) is 26.2 Å². The molecule has 0 aliphatic heterocycles. The van der Waals surface area contributed by atoms with Gasteiger partial charge in [0, 0.05) is 0 Å². The molecule has 0 heteroatoms. The van der Waals surface area contributed by atoms with E-state index in [1.165, 1.54) is 65.4 Å². The molecule has 168 valence electrons. The van der Waals surface area contributed by atoms with Gasteiger partial charge in [-0.25, -0.2) is 0 Å². The summed E-state index contributed by atoms with van der Waals surface area (Å²) in [5.41, 5.74) is 8.44. The first-order valence-corrected chi connectivity index (χ1v) is 12.8. The second kappa shape index (κ2) is 8.10. The Bertz CT molecular complexity index is 1780. The average Bonchev–Trinajstić information content (AvgIpc) is 2.91. The van der Waals surface area contributed by atoms with E-state index in [0.29, 0.717) is 5.92 Å². The van der Waals surface area contributed by atoms with E-state index in [0.717, 1.165) is 19.3 Å². The summed E-state index contributed by atoms with van der Waals surface area (Å²) < 4.78 is 0. The Kier molecular flexibility index (Phi) is 4.74. The molecule has 0 aromatic heterocycles. The van der Waals surface area contributed by atoms with Crippen molar-refractivity contribution in [3.8, 4) is 11.1 Å². The van der Waals surface area contributed by atoms with E-state index in [4.69, 9.17) is 0 Å². The van der Waals surface area contributed by atoms with Gasteiger partial charge in [-0.2, -0.15) is 0 Å². The van der Waals surface area contributed by atoms with Crippen LogP contribution in [-0.4, -0.2) is 0 Å². The summed E-state index contributed by atoms with van der Waals surface area (Å²) in [4.78, 5) is 0. The standard InChI is InChI=1S/C35H28/c1-23-14-19-32-33(20-23)35(29-18-16-25-9-3-5-11-27(25)22-29)31-13-7-6-12-30(31)34(32)28-17-15-24-8-2-4-10-26(24)21-28/h2-13,16,18-23H,14-15,17H2,1H3. The lowest BCUT2D eigenvalue weighted by molar-refractivity contribution is 0.800. The lowest BCUT2D eigenvalue weighted by Gasteiger charge is -2.23. The zero-order chi connectivity index (χ0) is 23.4. The fraction of sp³-hybridized carbons (Fsp3) is 0.143. The molecule has 2 aliphatic rings. The maximum absolute atomic E-state index is 2.52. The van der Waals surface area contributed by atoms with Crippen LogP contribution in [0.2, 0.25) is 0 Å². The molecule has 0 fully saturated rings. The number of hydrogen-bond acceptors (Lipinski definition) is 0. The molecule has 35 heavy (non-hydrogen) atoms. The highest BCUT2D eigenvalue weighted by Gasteiger charge is 2.20. The van der Waals surface area contributed by atoms with Crippen molar-refractivity contribution in [2.75, 3.05) is 0 Å². The second-order valence-electron chi connectivity index (χ2n) is 10.1. The SMILES string of the molecule is CC1C=c2c(-c3ccc4ccccc4c3)c3ccccc3c(C3=Cc4ccccc4CC3)c2=CC1. The maximum atomic E-state index is 2.52. The van der Waals surface area contributed by atoms with Crippen LogP contribution in [0.3, 0.4) is 0 Å². The third-order valence-electron chi connectivity index (χ3n) is 7.85. The van der Waals surface area contributed by atoms with E-state index in [9.17, 15) is 0 Å². The number of rotatable bonds is 2. The molecule has 0 amide bonds. The van der Waals surface area contributed by atoms with E-state index in [-0.39, 0.29) is 0 Å². The van der Waals surface area contributed by atoms with E-state index in [2.05, 4.69) is 116 Å². The van der Waals surface area contributed by atoms with Crippen molar-refractivity contribution < 1.29 is 0 Å². The first-order valence-electron chi connectivity index (χ1n) is 12.8. The molecule has 7 rings (SSSR count). The molecule has 5 aromatic carbocycles. The van der Waals surface area contributed by atoms with Crippen LogP contribution in [0.15, 0.2) is 91.0 Å². The first kappa shape index (κ1) is 20.5. The minimum Gasteiger partial charge on any atom is -0.0754 e. The maximum Gasteiger partial charge on any atom is -0.00294 e. The first-order chi connectivity index (χ1) is 17.3. The summed E-state index contributed by atoms with van der Waals surface area (Å²) in [6, 6.07) is 33.6. The highest BCUT2D eigenvalue weighted by Crippen LogP contribution is 2.36. The third kappa shape index (κ3) is 3.36. The van der Waals surface area contributed by atoms with Gasteiger partial charge in [-0.1, -0.05) is 110 Å². The zero-order valence-corrected chi connectivity index (χ0v) is 20.1. The van der Waals surface area contributed by atoms with Crippen molar-refractivity contribution in [3.05, 3.63) is 118 Å². The monoisotopic (exact) mass is 448 g/mol. The minimum atomic E-state index is 0.539. The van der Waals surface area contributed by atoms with Crippen LogP contribution in [0.1, 0.15) is 36.5 Å². The summed E-state index contributed by atoms with van der Waals surface area (Å²) in [5, 5.41) is 8.16. The highest BCUT2D eigenvalue weighted by molar-refractivity contribution is 6.06. The molecule has 0 saturated heterocycles. The van der Waals surface area contributed by atoms with Crippen molar-refractivity contribution >= 4 is 45.3 Å². The molecule has 0 bridgehead atoms. The van der Waals surface area contributed by atoms with E-state index < -0.39 is 0 Å². The summed E-state index contributed by atoms with van der Waals surface area (Å²) in [5.74, 6) is 0.539. The molecular weight excluding hydrogens is 420 g/mol. The molecule has 1 atom stereocenters. The van der Waals surface area contributed by atoms with Gasteiger partial charge in [-0.05, 0) is 96.6 Å².